The summed E-state index contributed by atoms with van der Waals surface area (Å²) < 4.78 is 37.5. The number of H-pyrrole nitrogens is 1. The summed E-state index contributed by atoms with van der Waals surface area (Å²) in [5, 5.41) is 16.0. The predicted octanol–water partition coefficient (Wildman–Crippen LogP) is 2.59. The first-order chi connectivity index (χ1) is 17.3. The minimum absolute atomic E-state index is 0.0703. The van der Waals surface area contributed by atoms with Crippen LogP contribution in [-0.4, -0.2) is 60.6 Å². The molecule has 0 aliphatic heterocycles. The van der Waals surface area contributed by atoms with E-state index in [1.165, 1.54) is 31.6 Å². The van der Waals surface area contributed by atoms with Crippen molar-refractivity contribution in [2.24, 2.45) is 0 Å². The normalized spacial score (nSPS) is 13.2. The minimum Gasteiger partial charge on any atom is -0.492 e. The lowest BCUT2D eigenvalue weighted by molar-refractivity contribution is 0.172. The van der Waals surface area contributed by atoms with Crippen LogP contribution in [0.5, 0.6) is 5.75 Å². The second-order valence-electron chi connectivity index (χ2n) is 8.60. The van der Waals surface area contributed by atoms with Gasteiger partial charge in [-0.15, -0.1) is 0 Å². The molecule has 0 saturated heterocycles. The van der Waals surface area contributed by atoms with Crippen molar-refractivity contribution in [3.05, 3.63) is 76.8 Å². The number of fused-ring (bicyclic) bond motifs is 4. The van der Waals surface area contributed by atoms with E-state index >= 15 is 0 Å². The Kier molecular flexibility index (Phi) is 6.31. The van der Waals surface area contributed by atoms with E-state index in [0.29, 0.717) is 22.7 Å². The third-order valence-corrected chi connectivity index (χ3v) is 7.73. The molecule has 188 valence electrons. The van der Waals surface area contributed by atoms with Gasteiger partial charge in [0.2, 0.25) is 0 Å². The quantitative estimate of drug-likeness (QED) is 0.260. The fraction of sp³-hybridized carbons (Fsp3) is 0.240. The number of aromatic amines is 1. The lowest BCUT2D eigenvalue weighted by Gasteiger charge is -2.14. The van der Waals surface area contributed by atoms with Crippen LogP contribution in [0.15, 0.2) is 69.9 Å². The number of benzene rings is 3. The zero-order valence-corrected chi connectivity index (χ0v) is 20.6. The summed E-state index contributed by atoms with van der Waals surface area (Å²) >= 11 is 0. The molecule has 0 unspecified atom stereocenters. The molecule has 0 saturated carbocycles. The number of rotatable bonds is 9. The van der Waals surface area contributed by atoms with Crippen LogP contribution in [0.25, 0.3) is 32.9 Å². The molecule has 0 fully saturated rings. The van der Waals surface area contributed by atoms with Gasteiger partial charge in [0, 0.05) is 49.5 Å². The van der Waals surface area contributed by atoms with E-state index in [-0.39, 0.29) is 17.6 Å². The third-order valence-electron chi connectivity index (χ3n) is 6.00. The smallest absolute Gasteiger partial charge is 0.435 e. The molecule has 0 aliphatic carbocycles. The Hall–Kier alpha value is -3.64. The fourth-order valence-electron chi connectivity index (χ4n) is 4.12. The Morgan fingerprint density at radius 1 is 1.08 bits per heavy atom. The Bertz CT molecular complexity index is 1720. The number of ether oxygens (including phenoxy) is 1. The van der Waals surface area contributed by atoms with Gasteiger partial charge in [-0.1, -0.05) is 24.3 Å². The summed E-state index contributed by atoms with van der Waals surface area (Å²) in [6.07, 6.45) is -0.933. The highest BCUT2D eigenvalue weighted by atomic mass is 32.2. The van der Waals surface area contributed by atoms with E-state index in [1.54, 1.807) is 6.07 Å². The van der Waals surface area contributed by atoms with Gasteiger partial charge in [0.05, 0.1) is 11.6 Å². The van der Waals surface area contributed by atoms with E-state index in [0.717, 1.165) is 26.5 Å². The van der Waals surface area contributed by atoms with Crippen LogP contribution in [0.4, 0.5) is 0 Å². The van der Waals surface area contributed by atoms with Gasteiger partial charge in [-0.05, 0) is 35.9 Å². The fourth-order valence-corrected chi connectivity index (χ4v) is 5.07. The molecule has 11 heteroatoms. The van der Waals surface area contributed by atoms with Crippen LogP contribution in [0.1, 0.15) is 11.7 Å². The average Bonchev–Trinajstić information content (AvgIpc) is 3.39. The molecule has 2 aromatic heterocycles. The maximum absolute atomic E-state index is 12.5. The zero-order chi connectivity index (χ0) is 25.4. The van der Waals surface area contributed by atoms with Crippen molar-refractivity contribution in [1.29, 1.82) is 0 Å². The van der Waals surface area contributed by atoms with Crippen molar-refractivity contribution >= 4 is 43.1 Å². The number of hydrogen-bond acceptors (Lipinski definition) is 7. The molecule has 3 N–H and O–H groups in total. The van der Waals surface area contributed by atoms with Crippen molar-refractivity contribution in [1.82, 2.24) is 18.6 Å². The van der Waals surface area contributed by atoms with Crippen LogP contribution in [0.3, 0.4) is 0 Å². The van der Waals surface area contributed by atoms with Crippen LogP contribution in [0, 0.1) is 0 Å². The maximum atomic E-state index is 12.5. The topological polar surface area (TPSA) is 130 Å². The number of nitrogens with one attached hydrogen (secondary N) is 2. The first-order valence-electron chi connectivity index (χ1n) is 11.4. The molecule has 5 rings (SSSR count). The van der Waals surface area contributed by atoms with Crippen LogP contribution < -0.4 is 15.8 Å². The third kappa shape index (κ3) is 4.37. The number of aliphatic hydroxyl groups excluding tert-OH is 1. The molecule has 1 atom stereocenters. The van der Waals surface area contributed by atoms with Gasteiger partial charge >= 0.3 is 16.0 Å². The van der Waals surface area contributed by atoms with Crippen molar-refractivity contribution in [2.75, 3.05) is 33.8 Å². The Morgan fingerprint density at radius 3 is 2.67 bits per heavy atom. The molecule has 0 aliphatic rings. The van der Waals surface area contributed by atoms with Gasteiger partial charge in [-0.25, -0.2) is 4.79 Å². The highest BCUT2D eigenvalue weighted by Gasteiger charge is 2.25. The molecule has 0 bridgehead atoms. The SMILES string of the molecule is CN(C)S(=O)(=O)n1c(=O)oc2ccc([C@H](O)CNCCOc3ccc4c(c3)[nH]c3ccccc34)cc21. The number of oxazole rings is 1. The lowest BCUT2D eigenvalue weighted by atomic mass is 10.1. The second kappa shape index (κ2) is 9.43. The number of para-hydroxylation sites is 1. The van der Waals surface area contributed by atoms with Gasteiger partial charge in [-0.2, -0.15) is 16.7 Å². The van der Waals surface area contributed by atoms with Gasteiger partial charge in [0.25, 0.3) is 0 Å². The number of aliphatic hydroxyl groups is 1. The van der Waals surface area contributed by atoms with Gasteiger partial charge < -0.3 is 24.6 Å². The Balaban J connectivity index is 1.20. The van der Waals surface area contributed by atoms with Gasteiger partial charge in [0.1, 0.15) is 17.9 Å². The lowest BCUT2D eigenvalue weighted by Crippen LogP contribution is -2.34. The molecule has 0 radical (unpaired) electrons. The number of nitrogens with zero attached hydrogens (tertiary/aromatic N) is 2. The molecule has 2 heterocycles. The average molecular weight is 511 g/mol. The van der Waals surface area contributed by atoms with Crippen molar-refractivity contribution < 1.29 is 22.7 Å². The van der Waals surface area contributed by atoms with E-state index in [2.05, 4.69) is 16.4 Å². The maximum Gasteiger partial charge on any atom is 0.435 e. The summed E-state index contributed by atoms with van der Waals surface area (Å²) in [5.74, 6) is -0.270. The van der Waals surface area contributed by atoms with Crippen LogP contribution in [-0.2, 0) is 10.2 Å². The largest absolute Gasteiger partial charge is 0.492 e. The molecular weight excluding hydrogens is 484 g/mol. The number of aromatic nitrogens is 2. The van der Waals surface area contributed by atoms with Crippen LogP contribution >= 0.6 is 0 Å². The monoisotopic (exact) mass is 510 g/mol. The molecule has 3 aromatic carbocycles. The second-order valence-corrected chi connectivity index (χ2v) is 10.6. The summed E-state index contributed by atoms with van der Waals surface area (Å²) in [4.78, 5) is 15.5. The van der Waals surface area contributed by atoms with Crippen molar-refractivity contribution in [3.63, 3.8) is 0 Å². The van der Waals surface area contributed by atoms with E-state index < -0.39 is 22.1 Å². The molecule has 36 heavy (non-hydrogen) atoms. The standard InChI is InChI=1S/C25H26N4O6S/c1-28(2)36(32,33)29-22-13-16(7-10-24(22)35-25(29)31)23(30)15-26-11-12-34-17-8-9-19-18-5-3-4-6-20(18)27-21(19)14-17/h3-10,13-14,23,26-27,30H,11-12,15H2,1-2H3/t23-/m1/s1. The number of hydrogen-bond donors (Lipinski definition) is 3. The highest BCUT2D eigenvalue weighted by Crippen LogP contribution is 2.28. The molecule has 5 aromatic rings. The van der Waals surface area contributed by atoms with Gasteiger partial charge in [-0.3, -0.25) is 0 Å². The molecular formula is C25H26N4O6S. The Morgan fingerprint density at radius 2 is 1.86 bits per heavy atom. The van der Waals surface area contributed by atoms with Crippen molar-refractivity contribution in [2.45, 2.75) is 6.10 Å². The van der Waals surface area contributed by atoms with E-state index in [4.69, 9.17) is 9.15 Å². The predicted molar refractivity (Wildman–Crippen MR) is 138 cm³/mol. The minimum atomic E-state index is -4.08. The van der Waals surface area contributed by atoms with Gasteiger partial charge in [0.15, 0.2) is 5.58 Å². The van der Waals surface area contributed by atoms with Crippen LogP contribution in [0.2, 0.25) is 0 Å². The summed E-state index contributed by atoms with van der Waals surface area (Å²) in [6, 6.07) is 18.6. The first kappa shape index (κ1) is 24.1. The first-order valence-corrected chi connectivity index (χ1v) is 12.8. The summed E-state index contributed by atoms with van der Waals surface area (Å²) in [6.45, 7) is 1.08. The van der Waals surface area contributed by atoms with Crippen molar-refractivity contribution in [3.8, 4) is 5.75 Å². The molecule has 10 nitrogen and oxygen atoms in total. The Labute approximate surface area is 206 Å². The molecule has 0 amide bonds. The van der Waals surface area contributed by atoms with E-state index in [1.807, 2.05) is 36.4 Å². The summed E-state index contributed by atoms with van der Waals surface area (Å²) in [7, 11) is -1.43. The molecule has 0 spiro atoms. The highest BCUT2D eigenvalue weighted by molar-refractivity contribution is 7.87. The summed E-state index contributed by atoms with van der Waals surface area (Å²) in [5.41, 5.74) is 2.71. The van der Waals surface area contributed by atoms with E-state index in [9.17, 15) is 18.3 Å². The zero-order valence-electron chi connectivity index (χ0n) is 19.8.